The number of methoxy groups -OCH3 is 2. The summed E-state index contributed by atoms with van der Waals surface area (Å²) in [6.45, 7) is 10.9. The Kier molecular flexibility index (Phi) is 13.0. The first-order chi connectivity index (χ1) is 22.8. The first-order valence-electron chi connectivity index (χ1n) is 16.1. The number of anilines is 4. The molecule has 1 aliphatic rings. The molecular weight excluding hydrogens is 602 g/mol. The van der Waals surface area contributed by atoms with Gasteiger partial charge in [0.05, 0.1) is 26.5 Å². The lowest BCUT2D eigenvalue weighted by Crippen LogP contribution is -2.44. The molecule has 13 nitrogen and oxygen atoms in total. The third-order valence-electron chi connectivity index (χ3n) is 8.15. The van der Waals surface area contributed by atoms with Crippen molar-refractivity contribution in [2.24, 2.45) is 0 Å². The minimum atomic E-state index is -1.20. The van der Waals surface area contributed by atoms with E-state index in [1.165, 1.54) is 12.3 Å². The van der Waals surface area contributed by atoms with Crippen LogP contribution in [0.2, 0.25) is 0 Å². The Bertz CT molecular complexity index is 1480. The average molecular weight is 650 g/mol. The van der Waals surface area contributed by atoms with Crippen LogP contribution in [0.3, 0.4) is 0 Å². The molecule has 0 aliphatic carbocycles. The zero-order valence-electron chi connectivity index (χ0n) is 28.1. The van der Waals surface area contributed by atoms with Gasteiger partial charge in [0, 0.05) is 82.3 Å². The van der Waals surface area contributed by atoms with Gasteiger partial charge >= 0.3 is 6.09 Å². The molecule has 254 valence electrons. The van der Waals surface area contributed by atoms with Gasteiger partial charge in [0.25, 0.3) is 0 Å². The largest absolute Gasteiger partial charge is 0.493 e. The fraction of sp³-hybridized carbons (Fsp3) is 0.471. The van der Waals surface area contributed by atoms with E-state index in [1.54, 1.807) is 49.5 Å². The number of carbonyl (C=O) groups is 2. The number of hydrogen-bond donors (Lipinski definition) is 2. The van der Waals surface area contributed by atoms with Gasteiger partial charge in [-0.3, -0.25) is 4.79 Å². The van der Waals surface area contributed by atoms with Gasteiger partial charge in [0.2, 0.25) is 17.6 Å². The molecule has 4 rings (SSSR count). The number of ether oxygens (including phenoxy) is 3. The number of aromatic nitrogens is 2. The van der Waals surface area contributed by atoms with E-state index in [9.17, 15) is 14.7 Å². The summed E-state index contributed by atoms with van der Waals surface area (Å²) in [5.41, 5.74) is 1.84. The van der Waals surface area contributed by atoms with Crippen LogP contribution < -0.4 is 24.4 Å². The lowest BCUT2D eigenvalue weighted by Gasteiger charge is -2.32. The molecule has 2 aromatic carbocycles. The summed E-state index contributed by atoms with van der Waals surface area (Å²) in [5, 5.41) is 13.4. The molecule has 2 amide bonds. The quantitative estimate of drug-likeness (QED) is 0.206. The van der Waals surface area contributed by atoms with E-state index < -0.39 is 6.09 Å². The molecule has 1 saturated heterocycles. The second-order valence-electron chi connectivity index (χ2n) is 11.3. The number of amides is 2. The lowest BCUT2D eigenvalue weighted by atomic mass is 10.1. The number of rotatable bonds is 16. The molecule has 0 atom stereocenters. The highest BCUT2D eigenvalue weighted by molar-refractivity contribution is 5.94. The number of piperazine rings is 1. The number of likely N-dealkylation sites (N-methyl/N-ethyl adjacent to an activating group) is 1. The molecule has 0 saturated carbocycles. The summed E-state index contributed by atoms with van der Waals surface area (Å²) in [6, 6.07) is 12.2. The molecule has 2 heterocycles. The Morgan fingerprint density at radius 2 is 1.74 bits per heavy atom. The van der Waals surface area contributed by atoms with Gasteiger partial charge in [0.1, 0.15) is 5.82 Å². The van der Waals surface area contributed by atoms with Gasteiger partial charge in [0.15, 0.2) is 11.5 Å². The van der Waals surface area contributed by atoms with Crippen LogP contribution in [0.25, 0.3) is 0 Å². The summed E-state index contributed by atoms with van der Waals surface area (Å²) in [5.74, 6) is 1.85. The molecule has 1 aromatic heterocycles. The summed E-state index contributed by atoms with van der Waals surface area (Å²) < 4.78 is 17.3. The van der Waals surface area contributed by atoms with Crippen molar-refractivity contribution in [2.75, 3.05) is 83.9 Å². The fourth-order valence-corrected chi connectivity index (χ4v) is 5.49. The highest BCUT2D eigenvalue weighted by atomic mass is 16.5. The van der Waals surface area contributed by atoms with E-state index >= 15 is 0 Å². The van der Waals surface area contributed by atoms with E-state index in [0.29, 0.717) is 61.2 Å². The maximum absolute atomic E-state index is 12.5. The number of hydrogen-bond acceptors (Lipinski definition) is 10. The average Bonchev–Trinajstić information content (AvgIpc) is 3.07. The number of carboxylic acid groups (broad SMARTS) is 1. The van der Waals surface area contributed by atoms with Crippen molar-refractivity contribution in [1.29, 1.82) is 0 Å². The Hall–Kier alpha value is -4.62. The van der Waals surface area contributed by atoms with Crippen molar-refractivity contribution >= 4 is 35.1 Å². The predicted molar refractivity (Wildman–Crippen MR) is 182 cm³/mol. The van der Waals surface area contributed by atoms with Gasteiger partial charge in [-0.15, -0.1) is 0 Å². The topological polar surface area (TPSA) is 133 Å². The third-order valence-corrected chi connectivity index (χ3v) is 8.15. The van der Waals surface area contributed by atoms with Gasteiger partial charge in [-0.25, -0.2) is 14.7 Å². The standard InChI is InChI=1S/C34H47N7O6/c1-6-40(7-2)31(42)13-12-25-10-8-11-27(22-25)41(34(43)44)30-14-15-35-33(37-30)36-26-23-28(45-4)32(46-5)29(24-26)47-21-9-16-39-19-17-38(3)18-20-39/h8,10-11,14-15,22-24H,6-7,9,12-13,16-21H2,1-5H3,(H,43,44)(H,35,36,37). The summed E-state index contributed by atoms with van der Waals surface area (Å²) in [7, 11) is 5.26. The predicted octanol–water partition coefficient (Wildman–Crippen LogP) is 4.87. The summed E-state index contributed by atoms with van der Waals surface area (Å²) in [4.78, 5) is 41.5. The monoisotopic (exact) mass is 649 g/mol. The first kappa shape index (κ1) is 35.2. The van der Waals surface area contributed by atoms with Crippen molar-refractivity contribution in [3.05, 3.63) is 54.2 Å². The number of aryl methyl sites for hydroxylation is 1. The maximum atomic E-state index is 12.5. The van der Waals surface area contributed by atoms with E-state index in [4.69, 9.17) is 14.2 Å². The normalized spacial score (nSPS) is 13.6. The molecule has 0 bridgehead atoms. The number of carbonyl (C=O) groups excluding carboxylic acids is 1. The minimum absolute atomic E-state index is 0.0661. The summed E-state index contributed by atoms with van der Waals surface area (Å²) >= 11 is 0. The van der Waals surface area contributed by atoms with Crippen LogP contribution in [0, 0.1) is 0 Å². The number of nitrogens with one attached hydrogen (secondary N) is 1. The van der Waals surface area contributed by atoms with Crippen molar-refractivity contribution in [3.63, 3.8) is 0 Å². The molecule has 47 heavy (non-hydrogen) atoms. The molecule has 1 fully saturated rings. The van der Waals surface area contributed by atoms with Crippen LogP contribution in [-0.2, 0) is 11.2 Å². The van der Waals surface area contributed by atoms with Crippen LogP contribution in [0.1, 0.15) is 32.3 Å². The van der Waals surface area contributed by atoms with Crippen molar-refractivity contribution < 1.29 is 28.9 Å². The second-order valence-corrected chi connectivity index (χ2v) is 11.3. The summed E-state index contributed by atoms with van der Waals surface area (Å²) in [6.07, 6.45) is 1.98. The van der Waals surface area contributed by atoms with Crippen LogP contribution in [0.5, 0.6) is 17.2 Å². The molecule has 0 radical (unpaired) electrons. The van der Waals surface area contributed by atoms with Gasteiger partial charge < -0.3 is 39.3 Å². The SMILES string of the molecule is CCN(CC)C(=O)CCc1cccc(N(C(=O)O)c2ccnc(Nc3cc(OC)c(OC)c(OCCCN4CCN(C)CC4)c3)n2)c1. The molecule has 0 spiro atoms. The Labute approximate surface area is 277 Å². The Morgan fingerprint density at radius 3 is 2.43 bits per heavy atom. The van der Waals surface area contributed by atoms with E-state index in [2.05, 4.69) is 32.1 Å². The Balaban J connectivity index is 1.48. The molecule has 13 heteroatoms. The molecule has 3 aromatic rings. The molecular formula is C34H47N7O6. The van der Waals surface area contributed by atoms with Crippen molar-refractivity contribution in [3.8, 4) is 17.2 Å². The maximum Gasteiger partial charge on any atom is 0.417 e. The zero-order valence-corrected chi connectivity index (χ0v) is 28.1. The fourth-order valence-electron chi connectivity index (χ4n) is 5.49. The van der Waals surface area contributed by atoms with E-state index in [0.717, 1.165) is 49.6 Å². The molecule has 2 N–H and O–H groups in total. The van der Waals surface area contributed by atoms with Crippen LogP contribution in [-0.4, -0.2) is 115 Å². The van der Waals surface area contributed by atoms with Crippen molar-refractivity contribution in [1.82, 2.24) is 24.7 Å². The van der Waals surface area contributed by atoms with Crippen LogP contribution in [0.4, 0.5) is 27.9 Å². The molecule has 1 aliphatic heterocycles. The van der Waals surface area contributed by atoms with Gasteiger partial charge in [-0.05, 0) is 51.4 Å². The minimum Gasteiger partial charge on any atom is -0.493 e. The van der Waals surface area contributed by atoms with E-state index in [1.807, 2.05) is 19.9 Å². The number of nitrogens with zero attached hydrogens (tertiary/aromatic N) is 6. The highest BCUT2D eigenvalue weighted by Gasteiger charge is 2.21. The van der Waals surface area contributed by atoms with Crippen molar-refractivity contribution in [2.45, 2.75) is 33.1 Å². The third kappa shape index (κ3) is 9.69. The smallest absolute Gasteiger partial charge is 0.417 e. The zero-order chi connectivity index (χ0) is 33.8. The Morgan fingerprint density at radius 1 is 1.00 bits per heavy atom. The molecule has 0 unspecified atom stereocenters. The van der Waals surface area contributed by atoms with Gasteiger partial charge in [-0.1, -0.05) is 12.1 Å². The van der Waals surface area contributed by atoms with Crippen LogP contribution in [0.15, 0.2) is 48.7 Å². The lowest BCUT2D eigenvalue weighted by molar-refractivity contribution is -0.130. The van der Waals surface area contributed by atoms with E-state index in [-0.39, 0.29) is 17.7 Å². The first-order valence-corrected chi connectivity index (χ1v) is 16.1. The highest BCUT2D eigenvalue weighted by Crippen LogP contribution is 2.41. The number of benzene rings is 2. The van der Waals surface area contributed by atoms with Crippen LogP contribution >= 0.6 is 0 Å². The second kappa shape index (κ2) is 17.3. The van der Waals surface area contributed by atoms with Gasteiger partial charge in [-0.2, -0.15) is 4.98 Å².